The summed E-state index contributed by atoms with van der Waals surface area (Å²) in [5.41, 5.74) is 0. The molecule has 0 saturated carbocycles. The molecule has 2 unspecified atom stereocenters. The molecule has 1 rings (SSSR count). The first-order valence-electron chi connectivity index (χ1n) is 5.80. The standard InChI is InChI=1S/C12H23NO/c1-3-4-5-6-7-9-13-12-8-10-14-11(12)2/h3,11-13H,1,4-10H2,2H3. The second kappa shape index (κ2) is 7.02. The minimum absolute atomic E-state index is 0.406. The molecule has 0 aromatic rings. The van der Waals surface area contributed by atoms with E-state index < -0.39 is 0 Å². The van der Waals surface area contributed by atoms with Gasteiger partial charge in [-0.1, -0.05) is 12.5 Å². The second-order valence-corrected chi connectivity index (χ2v) is 4.06. The highest BCUT2D eigenvalue weighted by Gasteiger charge is 2.22. The van der Waals surface area contributed by atoms with Crippen molar-refractivity contribution in [1.82, 2.24) is 5.32 Å². The molecule has 1 saturated heterocycles. The van der Waals surface area contributed by atoms with Gasteiger partial charge in [-0.2, -0.15) is 0 Å². The molecule has 0 radical (unpaired) electrons. The fourth-order valence-corrected chi connectivity index (χ4v) is 1.88. The molecule has 2 heteroatoms. The fourth-order valence-electron chi connectivity index (χ4n) is 1.88. The van der Waals surface area contributed by atoms with Crippen molar-refractivity contribution in [2.75, 3.05) is 13.2 Å². The van der Waals surface area contributed by atoms with Crippen molar-refractivity contribution in [3.05, 3.63) is 12.7 Å². The summed E-state index contributed by atoms with van der Waals surface area (Å²) in [5, 5.41) is 3.56. The van der Waals surface area contributed by atoms with Gasteiger partial charge >= 0.3 is 0 Å². The van der Waals surface area contributed by atoms with Gasteiger partial charge in [0.25, 0.3) is 0 Å². The van der Waals surface area contributed by atoms with Gasteiger partial charge in [0.05, 0.1) is 6.10 Å². The summed E-state index contributed by atoms with van der Waals surface area (Å²) in [7, 11) is 0. The molecule has 14 heavy (non-hydrogen) atoms. The summed E-state index contributed by atoms with van der Waals surface area (Å²) in [5.74, 6) is 0. The third-order valence-corrected chi connectivity index (χ3v) is 2.87. The highest BCUT2D eigenvalue weighted by atomic mass is 16.5. The molecule has 2 nitrogen and oxygen atoms in total. The van der Waals surface area contributed by atoms with Crippen LogP contribution in [0.5, 0.6) is 0 Å². The van der Waals surface area contributed by atoms with Crippen molar-refractivity contribution in [2.24, 2.45) is 0 Å². The van der Waals surface area contributed by atoms with Crippen LogP contribution >= 0.6 is 0 Å². The monoisotopic (exact) mass is 197 g/mol. The van der Waals surface area contributed by atoms with Gasteiger partial charge in [0.15, 0.2) is 0 Å². The van der Waals surface area contributed by atoms with Crippen LogP contribution in [0.15, 0.2) is 12.7 Å². The highest BCUT2D eigenvalue weighted by Crippen LogP contribution is 2.12. The second-order valence-electron chi connectivity index (χ2n) is 4.06. The molecule has 0 spiro atoms. The predicted molar refractivity (Wildman–Crippen MR) is 60.5 cm³/mol. The van der Waals surface area contributed by atoms with Crippen molar-refractivity contribution >= 4 is 0 Å². The molecule has 1 fully saturated rings. The molecule has 1 aliphatic rings. The van der Waals surface area contributed by atoms with Gasteiger partial charge in [0.1, 0.15) is 0 Å². The summed E-state index contributed by atoms with van der Waals surface area (Å²) in [4.78, 5) is 0. The molecule has 0 aliphatic carbocycles. The molecule has 0 bridgehead atoms. The zero-order chi connectivity index (χ0) is 10.2. The van der Waals surface area contributed by atoms with Gasteiger partial charge in [-0.05, 0) is 39.2 Å². The lowest BCUT2D eigenvalue weighted by molar-refractivity contribution is 0.113. The minimum atomic E-state index is 0.406. The molecule has 0 aromatic carbocycles. The lowest BCUT2D eigenvalue weighted by atomic mass is 10.1. The number of hydrogen-bond donors (Lipinski definition) is 1. The Balaban J connectivity index is 1.90. The van der Waals surface area contributed by atoms with Crippen LogP contribution in [0.2, 0.25) is 0 Å². The van der Waals surface area contributed by atoms with E-state index in [1.807, 2.05) is 6.08 Å². The Bertz CT molecular complexity index is 158. The maximum atomic E-state index is 5.49. The van der Waals surface area contributed by atoms with E-state index in [1.165, 1.54) is 25.7 Å². The van der Waals surface area contributed by atoms with Gasteiger partial charge in [-0.15, -0.1) is 6.58 Å². The summed E-state index contributed by atoms with van der Waals surface area (Å²) >= 11 is 0. The lowest BCUT2D eigenvalue weighted by Crippen LogP contribution is -2.35. The smallest absolute Gasteiger partial charge is 0.0700 e. The zero-order valence-corrected chi connectivity index (χ0v) is 9.30. The van der Waals surface area contributed by atoms with E-state index >= 15 is 0 Å². The normalized spacial score (nSPS) is 26.6. The Morgan fingerprint density at radius 3 is 2.93 bits per heavy atom. The molecule has 1 aliphatic heterocycles. The molecule has 1 N–H and O–H groups in total. The van der Waals surface area contributed by atoms with Crippen molar-refractivity contribution < 1.29 is 4.74 Å². The summed E-state index contributed by atoms with van der Waals surface area (Å²) in [6.07, 6.45) is 8.60. The van der Waals surface area contributed by atoms with E-state index in [1.54, 1.807) is 0 Å². The van der Waals surface area contributed by atoms with Gasteiger partial charge in [0.2, 0.25) is 0 Å². The van der Waals surface area contributed by atoms with E-state index in [-0.39, 0.29) is 0 Å². The van der Waals surface area contributed by atoms with Crippen molar-refractivity contribution in [3.63, 3.8) is 0 Å². The van der Waals surface area contributed by atoms with Crippen LogP contribution in [0.4, 0.5) is 0 Å². The number of hydrogen-bond acceptors (Lipinski definition) is 2. The quantitative estimate of drug-likeness (QED) is 0.500. The Morgan fingerprint density at radius 1 is 1.43 bits per heavy atom. The number of allylic oxidation sites excluding steroid dienone is 1. The summed E-state index contributed by atoms with van der Waals surface area (Å²) in [6.45, 7) is 7.93. The Morgan fingerprint density at radius 2 is 2.29 bits per heavy atom. The van der Waals surface area contributed by atoms with E-state index in [2.05, 4.69) is 18.8 Å². The maximum Gasteiger partial charge on any atom is 0.0700 e. The molecular weight excluding hydrogens is 174 g/mol. The van der Waals surface area contributed by atoms with Crippen LogP contribution in [0.1, 0.15) is 39.0 Å². The maximum absolute atomic E-state index is 5.49. The molecule has 0 amide bonds. The first kappa shape index (κ1) is 11.7. The van der Waals surface area contributed by atoms with Gasteiger partial charge in [-0.25, -0.2) is 0 Å². The van der Waals surface area contributed by atoms with Crippen LogP contribution in [-0.4, -0.2) is 25.3 Å². The third kappa shape index (κ3) is 4.25. The summed E-state index contributed by atoms with van der Waals surface area (Å²) in [6, 6.07) is 0.592. The van der Waals surface area contributed by atoms with Crippen LogP contribution in [0.25, 0.3) is 0 Å². The molecule has 2 atom stereocenters. The van der Waals surface area contributed by atoms with Crippen LogP contribution < -0.4 is 5.32 Å². The molecule has 0 aromatic heterocycles. The van der Waals surface area contributed by atoms with E-state index in [0.717, 1.165) is 19.6 Å². The zero-order valence-electron chi connectivity index (χ0n) is 9.30. The van der Waals surface area contributed by atoms with Crippen molar-refractivity contribution in [3.8, 4) is 0 Å². The van der Waals surface area contributed by atoms with Crippen molar-refractivity contribution in [1.29, 1.82) is 0 Å². The van der Waals surface area contributed by atoms with Crippen LogP contribution in [-0.2, 0) is 4.74 Å². The number of ether oxygens (including phenoxy) is 1. The van der Waals surface area contributed by atoms with E-state index in [0.29, 0.717) is 12.1 Å². The number of rotatable bonds is 7. The minimum Gasteiger partial charge on any atom is -0.377 e. The lowest BCUT2D eigenvalue weighted by Gasteiger charge is -2.15. The Kier molecular flexibility index (Phi) is 5.88. The number of nitrogens with one attached hydrogen (secondary N) is 1. The Hall–Kier alpha value is -0.340. The predicted octanol–water partition coefficient (Wildman–Crippen LogP) is 2.50. The van der Waals surface area contributed by atoms with Gasteiger partial charge in [0, 0.05) is 12.6 Å². The number of unbranched alkanes of at least 4 members (excludes halogenated alkanes) is 3. The first-order chi connectivity index (χ1) is 6.84. The Labute approximate surface area is 87.7 Å². The van der Waals surface area contributed by atoms with Crippen LogP contribution in [0.3, 0.4) is 0 Å². The molecular formula is C12H23NO. The van der Waals surface area contributed by atoms with Gasteiger partial charge < -0.3 is 10.1 Å². The third-order valence-electron chi connectivity index (χ3n) is 2.87. The SMILES string of the molecule is C=CCCCCCNC1CCOC1C. The molecule has 1 heterocycles. The average Bonchev–Trinajstić information content (AvgIpc) is 2.58. The molecule has 82 valence electrons. The average molecular weight is 197 g/mol. The highest BCUT2D eigenvalue weighted by molar-refractivity contribution is 4.78. The summed E-state index contributed by atoms with van der Waals surface area (Å²) < 4.78 is 5.49. The fraction of sp³-hybridized carbons (Fsp3) is 0.833. The van der Waals surface area contributed by atoms with E-state index in [4.69, 9.17) is 4.74 Å². The van der Waals surface area contributed by atoms with Crippen molar-refractivity contribution in [2.45, 2.75) is 51.2 Å². The topological polar surface area (TPSA) is 21.3 Å². The van der Waals surface area contributed by atoms with E-state index in [9.17, 15) is 0 Å². The largest absolute Gasteiger partial charge is 0.377 e. The first-order valence-corrected chi connectivity index (χ1v) is 5.80. The van der Waals surface area contributed by atoms with Crippen LogP contribution in [0, 0.1) is 0 Å². The van der Waals surface area contributed by atoms with Gasteiger partial charge in [-0.3, -0.25) is 0 Å².